The maximum atomic E-state index is 12.6. The van der Waals surface area contributed by atoms with Crippen LogP contribution in [-0.2, 0) is 14.3 Å². The molecule has 0 aromatic heterocycles. The molecular formula is C17H33N3O3. The fourth-order valence-corrected chi connectivity index (χ4v) is 3.59. The van der Waals surface area contributed by atoms with E-state index in [0.29, 0.717) is 19.6 Å². The van der Waals surface area contributed by atoms with Crippen molar-refractivity contribution in [2.45, 2.75) is 58.2 Å². The minimum Gasteiger partial charge on any atom is -0.378 e. The summed E-state index contributed by atoms with van der Waals surface area (Å²) in [6, 6.07) is 0. The van der Waals surface area contributed by atoms with Crippen LogP contribution in [0.5, 0.6) is 0 Å². The molecule has 3 N–H and O–H groups in total. The highest BCUT2D eigenvalue weighted by Gasteiger charge is 2.62. The smallest absolute Gasteiger partial charge is 0.240 e. The first-order valence-corrected chi connectivity index (χ1v) is 8.67. The molecule has 2 rings (SSSR count). The number of carbonyl (C=O) groups is 1. The second-order valence-electron chi connectivity index (χ2n) is 7.95. The number of amides is 1. The first-order chi connectivity index (χ1) is 10.6. The molecule has 0 radical (unpaired) electrons. The average Bonchev–Trinajstić information content (AvgIpc) is 2.48. The maximum Gasteiger partial charge on any atom is 0.240 e. The van der Waals surface area contributed by atoms with E-state index >= 15 is 0 Å². The number of hydrogen-bond donors (Lipinski definition) is 2. The quantitative estimate of drug-likeness (QED) is 0.753. The highest BCUT2D eigenvalue weighted by Crippen LogP contribution is 2.49. The van der Waals surface area contributed by atoms with Gasteiger partial charge in [0.1, 0.15) is 5.54 Å². The number of nitrogens with two attached hydrogens (primary N) is 1. The molecule has 23 heavy (non-hydrogen) atoms. The number of nitrogens with one attached hydrogen (secondary N) is 1. The number of rotatable bonds is 6. The fourth-order valence-electron chi connectivity index (χ4n) is 3.59. The summed E-state index contributed by atoms with van der Waals surface area (Å²) in [7, 11) is 0. The van der Waals surface area contributed by atoms with Crippen LogP contribution in [0, 0.1) is 5.41 Å². The van der Waals surface area contributed by atoms with Crippen molar-refractivity contribution in [3.05, 3.63) is 0 Å². The summed E-state index contributed by atoms with van der Waals surface area (Å²) >= 11 is 0. The van der Waals surface area contributed by atoms with Crippen LogP contribution in [0.15, 0.2) is 0 Å². The van der Waals surface area contributed by atoms with Gasteiger partial charge in [0.05, 0.1) is 19.3 Å². The summed E-state index contributed by atoms with van der Waals surface area (Å²) in [6.07, 6.45) is 0.643. The summed E-state index contributed by atoms with van der Waals surface area (Å²) < 4.78 is 11.2. The zero-order chi connectivity index (χ0) is 17.3. The van der Waals surface area contributed by atoms with E-state index in [0.717, 1.165) is 26.3 Å². The molecule has 1 amide bonds. The second-order valence-corrected chi connectivity index (χ2v) is 7.95. The lowest BCUT2D eigenvalue weighted by Crippen LogP contribution is -2.76. The molecule has 0 aromatic rings. The number of ether oxygens (including phenoxy) is 2. The average molecular weight is 327 g/mol. The van der Waals surface area contributed by atoms with E-state index in [1.165, 1.54) is 0 Å². The molecule has 6 heteroatoms. The van der Waals surface area contributed by atoms with Gasteiger partial charge in [-0.15, -0.1) is 0 Å². The number of carbonyl (C=O) groups excluding carboxylic acids is 1. The third-order valence-corrected chi connectivity index (χ3v) is 5.72. The Morgan fingerprint density at radius 2 is 2.09 bits per heavy atom. The molecule has 6 nitrogen and oxygen atoms in total. The van der Waals surface area contributed by atoms with Gasteiger partial charge in [0.25, 0.3) is 0 Å². The van der Waals surface area contributed by atoms with Crippen LogP contribution < -0.4 is 11.1 Å². The lowest BCUT2D eigenvalue weighted by Gasteiger charge is -2.57. The van der Waals surface area contributed by atoms with Crippen molar-refractivity contribution < 1.29 is 14.3 Å². The largest absolute Gasteiger partial charge is 0.378 e. The number of hydrogen-bond acceptors (Lipinski definition) is 5. The van der Waals surface area contributed by atoms with Gasteiger partial charge in [0.15, 0.2) is 0 Å². The van der Waals surface area contributed by atoms with Crippen molar-refractivity contribution in [1.82, 2.24) is 10.2 Å². The van der Waals surface area contributed by atoms with Crippen LogP contribution in [0.2, 0.25) is 0 Å². The van der Waals surface area contributed by atoms with Gasteiger partial charge in [0, 0.05) is 43.6 Å². The maximum absolute atomic E-state index is 12.6. The Labute approximate surface area is 140 Å². The predicted octanol–water partition coefficient (Wildman–Crippen LogP) is 0.746. The van der Waals surface area contributed by atoms with Crippen LogP contribution in [0.25, 0.3) is 0 Å². The van der Waals surface area contributed by atoms with Crippen molar-refractivity contribution in [3.8, 4) is 0 Å². The summed E-state index contributed by atoms with van der Waals surface area (Å²) in [5.74, 6) is -0.0653. The summed E-state index contributed by atoms with van der Waals surface area (Å²) in [5, 5.41) is 3.03. The molecule has 0 aromatic carbocycles. The molecule has 0 bridgehead atoms. The topological polar surface area (TPSA) is 76.8 Å². The molecule has 0 spiro atoms. The van der Waals surface area contributed by atoms with Gasteiger partial charge in [-0.3, -0.25) is 9.69 Å². The van der Waals surface area contributed by atoms with Gasteiger partial charge in [-0.05, 0) is 20.8 Å². The van der Waals surface area contributed by atoms with Crippen molar-refractivity contribution >= 4 is 5.91 Å². The van der Waals surface area contributed by atoms with E-state index in [4.69, 9.17) is 15.2 Å². The Morgan fingerprint density at radius 1 is 1.39 bits per heavy atom. The number of morpholine rings is 1. The standard InChI is InChI=1S/C17H33N3O3/c1-6-23-13-11-17(18,16(13,4)5)14(21)19-7-8-20-9-10-22-12-15(20,2)3/h13H,6-12,18H2,1-5H3,(H,19,21). The molecule has 1 saturated carbocycles. The Hall–Kier alpha value is -0.690. The Bertz CT molecular complexity index is 439. The first-order valence-electron chi connectivity index (χ1n) is 8.67. The molecule has 2 unspecified atom stereocenters. The molecule has 1 saturated heterocycles. The summed E-state index contributed by atoms with van der Waals surface area (Å²) in [4.78, 5) is 14.9. The first kappa shape index (κ1) is 18.6. The zero-order valence-corrected chi connectivity index (χ0v) is 15.3. The zero-order valence-electron chi connectivity index (χ0n) is 15.3. The van der Waals surface area contributed by atoms with E-state index in [1.54, 1.807) is 0 Å². The van der Waals surface area contributed by atoms with Crippen LogP contribution in [0.1, 0.15) is 41.0 Å². The fraction of sp³-hybridized carbons (Fsp3) is 0.941. The monoisotopic (exact) mass is 327 g/mol. The minimum absolute atomic E-state index is 0.0131. The molecule has 2 aliphatic rings. The molecule has 2 atom stereocenters. The van der Waals surface area contributed by atoms with E-state index in [-0.39, 0.29) is 23.0 Å². The van der Waals surface area contributed by atoms with Crippen molar-refractivity contribution in [1.29, 1.82) is 0 Å². The van der Waals surface area contributed by atoms with Gasteiger partial charge in [0.2, 0.25) is 5.91 Å². The van der Waals surface area contributed by atoms with Gasteiger partial charge in [-0.1, -0.05) is 13.8 Å². The SMILES string of the molecule is CCOC1CC(N)(C(=O)NCCN2CCOCC2(C)C)C1(C)C. The van der Waals surface area contributed by atoms with Crippen LogP contribution in [-0.4, -0.2) is 67.4 Å². The molecular weight excluding hydrogens is 294 g/mol. The summed E-state index contributed by atoms with van der Waals surface area (Å²) in [5.41, 5.74) is 5.22. The Balaban J connectivity index is 1.83. The lowest BCUT2D eigenvalue weighted by molar-refractivity contribution is -0.170. The van der Waals surface area contributed by atoms with Crippen molar-refractivity contribution in [2.75, 3.05) is 39.5 Å². The highest BCUT2D eigenvalue weighted by atomic mass is 16.5. The predicted molar refractivity (Wildman–Crippen MR) is 90.2 cm³/mol. The normalized spacial score (nSPS) is 33.0. The van der Waals surface area contributed by atoms with E-state index in [1.807, 2.05) is 20.8 Å². The Kier molecular flexibility index (Phi) is 5.41. The summed E-state index contributed by atoms with van der Waals surface area (Å²) in [6.45, 7) is 14.8. The van der Waals surface area contributed by atoms with Gasteiger partial charge >= 0.3 is 0 Å². The third-order valence-electron chi connectivity index (χ3n) is 5.72. The van der Waals surface area contributed by atoms with E-state index in [9.17, 15) is 4.79 Å². The van der Waals surface area contributed by atoms with Crippen LogP contribution in [0.3, 0.4) is 0 Å². The lowest BCUT2D eigenvalue weighted by atomic mass is 9.54. The highest BCUT2D eigenvalue weighted by molar-refractivity contribution is 5.88. The molecule has 134 valence electrons. The van der Waals surface area contributed by atoms with Crippen molar-refractivity contribution in [2.24, 2.45) is 11.1 Å². The van der Waals surface area contributed by atoms with Gasteiger partial charge in [-0.25, -0.2) is 0 Å². The molecule has 1 aliphatic heterocycles. The van der Waals surface area contributed by atoms with Crippen molar-refractivity contribution in [3.63, 3.8) is 0 Å². The molecule has 1 heterocycles. The van der Waals surface area contributed by atoms with Gasteiger partial charge in [-0.2, -0.15) is 0 Å². The van der Waals surface area contributed by atoms with Crippen LogP contribution in [0.4, 0.5) is 0 Å². The second kappa shape index (κ2) is 6.67. The van der Waals surface area contributed by atoms with Crippen LogP contribution >= 0.6 is 0 Å². The van der Waals surface area contributed by atoms with E-state index < -0.39 is 5.54 Å². The minimum atomic E-state index is -0.840. The molecule has 1 aliphatic carbocycles. The number of nitrogens with zero attached hydrogens (tertiary/aromatic N) is 1. The van der Waals surface area contributed by atoms with Gasteiger partial charge < -0.3 is 20.5 Å². The Morgan fingerprint density at radius 3 is 2.65 bits per heavy atom. The third kappa shape index (κ3) is 3.40. The van der Waals surface area contributed by atoms with E-state index in [2.05, 4.69) is 24.1 Å². The molecule has 2 fully saturated rings.